The van der Waals surface area contributed by atoms with Crippen molar-refractivity contribution in [3.05, 3.63) is 59.0 Å². The van der Waals surface area contributed by atoms with E-state index in [4.69, 9.17) is 16.3 Å². The van der Waals surface area contributed by atoms with Crippen LogP contribution in [0.25, 0.3) is 21.1 Å². The van der Waals surface area contributed by atoms with Crippen LogP contribution in [0.2, 0.25) is 5.02 Å². The Bertz CT molecular complexity index is 1430. The molecule has 0 aliphatic heterocycles. The molecular weight excluding hydrogens is 473 g/mol. The molecule has 2 heterocycles. The third-order valence-electron chi connectivity index (χ3n) is 7.30. The molecule has 5 atom stereocenters. The monoisotopic (exact) mass is 495 g/mol. The van der Waals surface area contributed by atoms with Crippen LogP contribution in [0.15, 0.2) is 42.6 Å². The Hall–Kier alpha value is -2.77. The lowest BCUT2D eigenvalue weighted by Crippen LogP contribution is -2.25. The zero-order valence-electron chi connectivity index (χ0n) is 18.7. The Kier molecular flexibility index (Phi) is 5.22. The van der Waals surface area contributed by atoms with E-state index in [9.17, 15) is 9.18 Å². The molecule has 8 heteroatoms. The fourth-order valence-corrected chi connectivity index (χ4v) is 6.98. The van der Waals surface area contributed by atoms with Gasteiger partial charge in [0.1, 0.15) is 11.6 Å². The minimum Gasteiger partial charge on any atom is -0.490 e. The zero-order chi connectivity index (χ0) is 23.6. The number of hydrogen-bond acceptors (Lipinski definition) is 5. The van der Waals surface area contributed by atoms with E-state index in [1.54, 1.807) is 18.3 Å². The molecular formula is C26H23ClFN3O2S. The summed E-state index contributed by atoms with van der Waals surface area (Å²) in [7, 11) is 0. The van der Waals surface area contributed by atoms with Crippen LogP contribution in [-0.4, -0.2) is 22.0 Å². The summed E-state index contributed by atoms with van der Waals surface area (Å²) in [6.07, 6.45) is 3.58. The van der Waals surface area contributed by atoms with E-state index in [-0.39, 0.29) is 23.7 Å². The number of aryl methyl sites for hydroxylation is 1. The smallest absolute Gasteiger partial charge is 0.229 e. The first-order valence-electron chi connectivity index (χ1n) is 11.5. The van der Waals surface area contributed by atoms with Crippen molar-refractivity contribution < 1.29 is 13.9 Å². The second-order valence-electron chi connectivity index (χ2n) is 9.45. The number of amides is 1. The van der Waals surface area contributed by atoms with Crippen LogP contribution in [0, 0.1) is 36.4 Å². The summed E-state index contributed by atoms with van der Waals surface area (Å²) in [4.78, 5) is 21.8. The molecule has 0 radical (unpaired) electrons. The fourth-order valence-electron chi connectivity index (χ4n) is 5.66. The molecule has 2 aliphatic carbocycles. The third kappa shape index (κ3) is 3.81. The SMILES string of the molecule is Cc1cc(Cl)cc2sc(NC(=O)C(C)C3[C@H]4CC(Oc5ccnc6ccc(F)cc56)C[C@@H]34)nc12. The van der Waals surface area contributed by atoms with Crippen molar-refractivity contribution in [3.63, 3.8) is 0 Å². The average Bonchev–Trinajstić information content (AvgIpc) is 3.10. The van der Waals surface area contributed by atoms with Crippen molar-refractivity contribution in [2.75, 3.05) is 5.32 Å². The van der Waals surface area contributed by atoms with Crippen molar-refractivity contribution in [1.82, 2.24) is 9.97 Å². The van der Waals surface area contributed by atoms with Gasteiger partial charge in [-0.25, -0.2) is 9.37 Å². The molecule has 6 rings (SSSR count). The maximum absolute atomic E-state index is 13.7. The van der Waals surface area contributed by atoms with Crippen molar-refractivity contribution >= 4 is 55.1 Å². The first-order chi connectivity index (χ1) is 16.4. The number of carbonyl (C=O) groups is 1. The predicted molar refractivity (Wildman–Crippen MR) is 133 cm³/mol. The van der Waals surface area contributed by atoms with Gasteiger partial charge in [-0.15, -0.1) is 0 Å². The quantitative estimate of drug-likeness (QED) is 0.338. The molecule has 2 aliphatic rings. The van der Waals surface area contributed by atoms with Crippen LogP contribution in [0.1, 0.15) is 25.3 Å². The molecule has 1 amide bonds. The Morgan fingerprint density at radius 2 is 2.03 bits per heavy atom. The van der Waals surface area contributed by atoms with E-state index in [2.05, 4.69) is 15.3 Å². The van der Waals surface area contributed by atoms with Crippen molar-refractivity contribution in [3.8, 4) is 5.75 Å². The van der Waals surface area contributed by atoms with Gasteiger partial charge in [0.05, 0.1) is 21.8 Å². The first kappa shape index (κ1) is 21.7. The van der Waals surface area contributed by atoms with Crippen LogP contribution in [0.3, 0.4) is 0 Å². The molecule has 2 fully saturated rings. The van der Waals surface area contributed by atoms with Gasteiger partial charge < -0.3 is 10.1 Å². The standard InChI is InChI=1S/C26H23ClFN3O2S/c1-12-7-14(27)8-22-24(12)30-26(34-22)31-25(32)13(2)23-17-10-16(11-18(17)23)33-21-5-6-29-20-4-3-15(28)9-19(20)21/h3-9,13,16-18,23H,10-11H2,1-2H3,(H,30,31,32)/t13?,16?,17-,18+,23?. The number of anilines is 1. The number of hydrogen-bond donors (Lipinski definition) is 1. The molecule has 0 saturated heterocycles. The molecule has 0 bridgehead atoms. The highest BCUT2D eigenvalue weighted by Gasteiger charge is 2.59. The molecule has 2 aromatic heterocycles. The number of ether oxygens (including phenoxy) is 1. The molecule has 1 N–H and O–H groups in total. The lowest BCUT2D eigenvalue weighted by atomic mass is 9.97. The summed E-state index contributed by atoms with van der Waals surface area (Å²) in [5.41, 5.74) is 2.60. The van der Waals surface area contributed by atoms with Crippen molar-refractivity contribution in [2.24, 2.45) is 23.7 Å². The molecule has 5 nitrogen and oxygen atoms in total. The van der Waals surface area contributed by atoms with Crippen LogP contribution < -0.4 is 10.1 Å². The van der Waals surface area contributed by atoms with E-state index in [0.29, 0.717) is 39.0 Å². The maximum Gasteiger partial charge on any atom is 0.229 e. The van der Waals surface area contributed by atoms with Gasteiger partial charge in [0.25, 0.3) is 0 Å². The topological polar surface area (TPSA) is 64.1 Å². The number of carbonyl (C=O) groups excluding carboxylic acids is 1. The average molecular weight is 496 g/mol. The lowest BCUT2D eigenvalue weighted by molar-refractivity contribution is -0.120. The number of thiazole rings is 1. The van der Waals surface area contributed by atoms with E-state index < -0.39 is 0 Å². The second-order valence-corrected chi connectivity index (χ2v) is 10.9. The highest BCUT2D eigenvalue weighted by molar-refractivity contribution is 7.22. The van der Waals surface area contributed by atoms with Crippen LogP contribution in [0.4, 0.5) is 9.52 Å². The van der Waals surface area contributed by atoms with Gasteiger partial charge in [-0.1, -0.05) is 29.9 Å². The highest BCUT2D eigenvalue weighted by atomic mass is 35.5. The van der Waals surface area contributed by atoms with Gasteiger partial charge in [0, 0.05) is 22.5 Å². The normalized spacial score (nSPS) is 24.2. The number of rotatable bonds is 5. The minimum absolute atomic E-state index is 0.00952. The molecule has 34 heavy (non-hydrogen) atoms. The van der Waals surface area contributed by atoms with Gasteiger partial charge in [-0.2, -0.15) is 0 Å². The van der Waals surface area contributed by atoms with Crippen LogP contribution >= 0.6 is 22.9 Å². The highest BCUT2D eigenvalue weighted by Crippen LogP contribution is 2.61. The number of aromatic nitrogens is 2. The lowest BCUT2D eigenvalue weighted by Gasteiger charge is -2.20. The van der Waals surface area contributed by atoms with Gasteiger partial charge in [0.2, 0.25) is 5.91 Å². The summed E-state index contributed by atoms with van der Waals surface area (Å²) >= 11 is 7.60. The van der Waals surface area contributed by atoms with Gasteiger partial charge in [-0.3, -0.25) is 9.78 Å². The van der Waals surface area contributed by atoms with E-state index in [0.717, 1.165) is 34.1 Å². The number of pyridine rings is 1. The predicted octanol–water partition coefficient (Wildman–Crippen LogP) is 6.62. The molecule has 2 aromatic carbocycles. The third-order valence-corrected chi connectivity index (χ3v) is 8.43. The van der Waals surface area contributed by atoms with Crippen molar-refractivity contribution in [1.29, 1.82) is 0 Å². The number of halogens is 2. The van der Waals surface area contributed by atoms with Gasteiger partial charge in [0.15, 0.2) is 5.13 Å². The largest absolute Gasteiger partial charge is 0.490 e. The van der Waals surface area contributed by atoms with Crippen LogP contribution in [0.5, 0.6) is 5.75 Å². The number of nitrogens with zero attached hydrogens (tertiary/aromatic N) is 2. The fraction of sp³-hybridized carbons (Fsp3) is 0.346. The Morgan fingerprint density at radius 1 is 1.24 bits per heavy atom. The number of nitrogens with one attached hydrogen (secondary N) is 1. The minimum atomic E-state index is -0.300. The molecule has 4 aromatic rings. The molecule has 3 unspecified atom stereocenters. The number of fused-ring (bicyclic) bond motifs is 3. The summed E-state index contributed by atoms with van der Waals surface area (Å²) in [5.74, 6) is 1.60. The summed E-state index contributed by atoms with van der Waals surface area (Å²) in [6, 6.07) is 10.1. The molecule has 2 saturated carbocycles. The molecule has 0 spiro atoms. The summed E-state index contributed by atoms with van der Waals surface area (Å²) in [6.45, 7) is 3.97. The Morgan fingerprint density at radius 3 is 2.82 bits per heavy atom. The second kappa shape index (κ2) is 8.17. The first-order valence-corrected chi connectivity index (χ1v) is 12.7. The van der Waals surface area contributed by atoms with E-state index >= 15 is 0 Å². The Balaban J connectivity index is 1.09. The summed E-state index contributed by atoms with van der Waals surface area (Å²) in [5, 5.41) is 5.00. The van der Waals surface area contributed by atoms with E-state index in [1.165, 1.54) is 23.5 Å². The number of benzene rings is 2. The van der Waals surface area contributed by atoms with E-state index in [1.807, 2.05) is 26.0 Å². The summed E-state index contributed by atoms with van der Waals surface area (Å²) < 4.78 is 21.0. The maximum atomic E-state index is 13.7. The zero-order valence-corrected chi connectivity index (χ0v) is 20.3. The Labute approximate surface area is 205 Å². The van der Waals surface area contributed by atoms with Crippen LogP contribution in [-0.2, 0) is 4.79 Å². The van der Waals surface area contributed by atoms with Gasteiger partial charge in [-0.05, 0) is 79.5 Å². The van der Waals surface area contributed by atoms with Crippen molar-refractivity contribution in [2.45, 2.75) is 32.8 Å². The van der Waals surface area contributed by atoms with Gasteiger partial charge >= 0.3 is 0 Å². The molecule has 174 valence electrons.